The molecule has 3 aromatic rings. The van der Waals surface area contributed by atoms with Gasteiger partial charge in [-0.3, -0.25) is 4.79 Å². The van der Waals surface area contributed by atoms with Crippen molar-refractivity contribution in [2.45, 2.75) is 12.5 Å². The lowest BCUT2D eigenvalue weighted by Gasteiger charge is -2.35. The summed E-state index contributed by atoms with van der Waals surface area (Å²) in [6, 6.07) is 14.0. The zero-order valence-corrected chi connectivity index (χ0v) is 15.5. The molecule has 5 heteroatoms. The van der Waals surface area contributed by atoms with E-state index in [2.05, 4.69) is 44.9 Å². The van der Waals surface area contributed by atoms with E-state index in [-0.39, 0.29) is 11.9 Å². The Labute approximate surface area is 151 Å². The topological polar surface area (TPSA) is 20.3 Å². The number of hydrogen-bond donors (Lipinski definition) is 0. The first-order valence-electron chi connectivity index (χ1n) is 7.40. The van der Waals surface area contributed by atoms with E-state index >= 15 is 0 Å². The van der Waals surface area contributed by atoms with Crippen LogP contribution in [0.1, 0.15) is 31.7 Å². The van der Waals surface area contributed by atoms with Crippen LogP contribution in [0.4, 0.5) is 0 Å². The summed E-state index contributed by atoms with van der Waals surface area (Å²) in [7, 11) is 0. The van der Waals surface area contributed by atoms with E-state index in [1.54, 1.807) is 22.7 Å². The zero-order chi connectivity index (χ0) is 15.8. The van der Waals surface area contributed by atoms with Crippen LogP contribution >= 0.6 is 38.6 Å². The molecule has 2 aromatic heterocycles. The van der Waals surface area contributed by atoms with Gasteiger partial charge in [0.2, 0.25) is 0 Å². The minimum Gasteiger partial charge on any atom is -0.326 e. The summed E-state index contributed by atoms with van der Waals surface area (Å²) in [5.41, 5.74) is 2.03. The maximum atomic E-state index is 13.1. The Morgan fingerprint density at radius 3 is 2.65 bits per heavy atom. The van der Waals surface area contributed by atoms with Gasteiger partial charge in [0.05, 0.1) is 6.04 Å². The first-order valence-corrected chi connectivity index (χ1v) is 9.95. The monoisotopic (exact) mass is 403 g/mol. The highest BCUT2D eigenvalue weighted by atomic mass is 79.9. The van der Waals surface area contributed by atoms with Crippen molar-refractivity contribution in [1.82, 2.24) is 4.90 Å². The average molecular weight is 404 g/mol. The fraction of sp³-hybridized carbons (Fsp3) is 0.167. The van der Waals surface area contributed by atoms with Gasteiger partial charge in [0.15, 0.2) is 0 Å². The largest absolute Gasteiger partial charge is 0.326 e. The second-order valence-corrected chi connectivity index (χ2v) is 8.37. The smallest absolute Gasteiger partial charge is 0.254 e. The number of rotatable bonds is 2. The van der Waals surface area contributed by atoms with E-state index in [0.717, 1.165) is 23.0 Å². The van der Waals surface area contributed by atoms with Crippen molar-refractivity contribution in [2.24, 2.45) is 0 Å². The molecule has 1 amide bonds. The van der Waals surface area contributed by atoms with E-state index in [9.17, 15) is 4.79 Å². The fourth-order valence-corrected chi connectivity index (χ4v) is 5.07. The standard InChI is InChI=1S/C18H14BrNOS2/c19-13-5-3-12(4-6-13)18(21)20-9-7-15-14(8-11-23-15)17(20)16-2-1-10-22-16/h1-6,8,10-11,17H,7,9H2/t17-/m0/s1. The molecule has 0 N–H and O–H groups in total. The van der Waals surface area contributed by atoms with Gasteiger partial charge >= 0.3 is 0 Å². The molecule has 1 aliphatic heterocycles. The van der Waals surface area contributed by atoms with Crippen LogP contribution in [-0.2, 0) is 6.42 Å². The molecule has 0 saturated carbocycles. The van der Waals surface area contributed by atoms with Gasteiger partial charge in [0.25, 0.3) is 5.91 Å². The molecule has 23 heavy (non-hydrogen) atoms. The molecule has 1 aromatic carbocycles. The molecule has 4 rings (SSSR count). The Balaban J connectivity index is 1.75. The Morgan fingerprint density at radius 2 is 1.91 bits per heavy atom. The molecule has 116 valence electrons. The highest BCUT2D eigenvalue weighted by Gasteiger charge is 2.33. The van der Waals surface area contributed by atoms with Gasteiger partial charge < -0.3 is 4.90 Å². The highest BCUT2D eigenvalue weighted by molar-refractivity contribution is 9.10. The minimum atomic E-state index is 0.0427. The Kier molecular flexibility index (Phi) is 4.09. The van der Waals surface area contributed by atoms with Crippen molar-refractivity contribution < 1.29 is 4.79 Å². The molecule has 0 fully saturated rings. The first kappa shape index (κ1) is 15.1. The van der Waals surface area contributed by atoms with Gasteiger partial charge in [0.1, 0.15) is 0 Å². The second-order valence-electron chi connectivity index (χ2n) is 5.47. The lowest BCUT2D eigenvalue weighted by atomic mass is 9.97. The Hall–Kier alpha value is -1.43. The van der Waals surface area contributed by atoms with Gasteiger partial charge in [0, 0.05) is 26.3 Å². The first-order chi connectivity index (χ1) is 11.2. The lowest BCUT2D eigenvalue weighted by molar-refractivity contribution is 0.0699. The SMILES string of the molecule is O=C(c1ccc(Br)cc1)N1CCc2sccc2[C@H]1c1cccs1. The van der Waals surface area contributed by atoms with Crippen molar-refractivity contribution in [3.05, 3.63) is 78.6 Å². The lowest BCUT2D eigenvalue weighted by Crippen LogP contribution is -2.39. The number of benzene rings is 1. The third kappa shape index (κ3) is 2.77. The van der Waals surface area contributed by atoms with Crippen LogP contribution < -0.4 is 0 Å². The summed E-state index contributed by atoms with van der Waals surface area (Å²) >= 11 is 6.95. The molecule has 2 nitrogen and oxygen atoms in total. The van der Waals surface area contributed by atoms with Gasteiger partial charge in [-0.05, 0) is 59.1 Å². The van der Waals surface area contributed by atoms with Crippen LogP contribution in [0, 0.1) is 0 Å². The van der Waals surface area contributed by atoms with Crippen LogP contribution in [-0.4, -0.2) is 17.4 Å². The number of thiophene rings is 2. The highest BCUT2D eigenvalue weighted by Crippen LogP contribution is 2.40. The molecule has 1 atom stereocenters. The Morgan fingerprint density at radius 1 is 1.09 bits per heavy atom. The number of nitrogens with zero attached hydrogens (tertiary/aromatic N) is 1. The predicted molar refractivity (Wildman–Crippen MR) is 99.4 cm³/mol. The summed E-state index contributed by atoms with van der Waals surface area (Å²) in [5, 5.41) is 4.22. The van der Waals surface area contributed by atoms with Gasteiger partial charge in [-0.15, -0.1) is 22.7 Å². The van der Waals surface area contributed by atoms with E-state index in [1.807, 2.05) is 29.2 Å². The molecule has 0 spiro atoms. The van der Waals surface area contributed by atoms with Gasteiger partial charge in [-0.2, -0.15) is 0 Å². The maximum Gasteiger partial charge on any atom is 0.254 e. The van der Waals surface area contributed by atoms with Crippen LogP contribution in [0.3, 0.4) is 0 Å². The number of fused-ring (bicyclic) bond motifs is 1. The van der Waals surface area contributed by atoms with E-state index in [0.29, 0.717) is 0 Å². The number of carbonyl (C=O) groups excluding carboxylic acids is 1. The van der Waals surface area contributed by atoms with Crippen molar-refractivity contribution in [3.63, 3.8) is 0 Å². The maximum absolute atomic E-state index is 13.1. The summed E-state index contributed by atoms with van der Waals surface area (Å²) in [5.74, 6) is 0.104. The molecule has 0 saturated heterocycles. The van der Waals surface area contributed by atoms with Crippen LogP contribution in [0.2, 0.25) is 0 Å². The van der Waals surface area contributed by atoms with Gasteiger partial charge in [-0.1, -0.05) is 22.0 Å². The molecule has 3 heterocycles. The molecular weight excluding hydrogens is 390 g/mol. The normalized spacial score (nSPS) is 17.1. The second kappa shape index (κ2) is 6.23. The summed E-state index contributed by atoms with van der Waals surface area (Å²) in [4.78, 5) is 17.7. The number of amides is 1. The van der Waals surface area contributed by atoms with E-state index < -0.39 is 0 Å². The van der Waals surface area contributed by atoms with Crippen molar-refractivity contribution >= 4 is 44.5 Å². The fourth-order valence-electron chi connectivity index (χ4n) is 3.05. The molecular formula is C18H14BrNOS2. The van der Waals surface area contributed by atoms with E-state index in [1.165, 1.54) is 15.3 Å². The third-order valence-electron chi connectivity index (χ3n) is 4.13. The van der Waals surface area contributed by atoms with Crippen molar-refractivity contribution in [1.29, 1.82) is 0 Å². The van der Waals surface area contributed by atoms with E-state index in [4.69, 9.17) is 0 Å². The molecule has 0 aliphatic carbocycles. The van der Waals surface area contributed by atoms with Crippen LogP contribution in [0.5, 0.6) is 0 Å². The average Bonchev–Trinajstić information content (AvgIpc) is 3.25. The summed E-state index contributed by atoms with van der Waals surface area (Å²) < 4.78 is 0.989. The number of halogens is 1. The van der Waals surface area contributed by atoms with Crippen LogP contribution in [0.25, 0.3) is 0 Å². The summed E-state index contributed by atoms with van der Waals surface area (Å²) in [6.45, 7) is 0.769. The van der Waals surface area contributed by atoms with Crippen molar-refractivity contribution in [2.75, 3.05) is 6.54 Å². The number of hydrogen-bond acceptors (Lipinski definition) is 3. The molecule has 1 aliphatic rings. The zero-order valence-electron chi connectivity index (χ0n) is 12.2. The minimum absolute atomic E-state index is 0.0427. The molecule has 0 bridgehead atoms. The molecule has 0 radical (unpaired) electrons. The molecule has 0 unspecified atom stereocenters. The van der Waals surface area contributed by atoms with Crippen molar-refractivity contribution in [3.8, 4) is 0 Å². The Bertz CT molecular complexity index is 823. The quantitative estimate of drug-likeness (QED) is 0.563. The third-order valence-corrected chi connectivity index (χ3v) is 6.58. The predicted octanol–water partition coefficient (Wildman–Crippen LogP) is 5.36. The van der Waals surface area contributed by atoms with Crippen LogP contribution in [0.15, 0.2) is 57.7 Å². The van der Waals surface area contributed by atoms with Gasteiger partial charge in [-0.25, -0.2) is 0 Å². The summed E-state index contributed by atoms with van der Waals surface area (Å²) in [6.07, 6.45) is 0.942. The number of carbonyl (C=O) groups is 1.